The number of aliphatic carboxylic acids is 1. The average molecular weight is 399 g/mol. The number of benzene rings is 1. The molecule has 1 amide bonds. The molecule has 4 atom stereocenters. The Hall–Kier alpha value is -1.41. The summed E-state index contributed by atoms with van der Waals surface area (Å²) in [6.45, 7) is 1.76. The quantitative estimate of drug-likeness (QED) is 0.604. The second-order valence-corrected chi connectivity index (χ2v) is 6.71. The Morgan fingerprint density at radius 2 is 2.19 bits per heavy atom. The van der Waals surface area contributed by atoms with Gasteiger partial charge in [-0.05, 0) is 47.7 Å². The molecule has 6 heteroatoms. The molecule has 2 aliphatic heterocycles. The zero-order chi connectivity index (χ0) is 15.2. The molecule has 0 saturated carbocycles. The molecule has 0 radical (unpaired) electrons. The molecule has 0 aromatic heterocycles. The molecule has 3 rings (SSSR count). The number of hydrogen-bond acceptors (Lipinski definition) is 3. The fraction of sp³-hybridized carbons (Fsp3) is 0.333. The molecule has 1 aromatic carbocycles. The Morgan fingerprint density at radius 3 is 2.86 bits per heavy atom. The summed E-state index contributed by atoms with van der Waals surface area (Å²) in [4.78, 5) is 24.0. The topological polar surface area (TPSA) is 75.6 Å². The van der Waals surface area contributed by atoms with E-state index in [1.165, 1.54) is 0 Å². The Labute approximate surface area is 135 Å². The van der Waals surface area contributed by atoms with Gasteiger partial charge in [0.15, 0.2) is 0 Å². The Morgan fingerprint density at radius 1 is 1.43 bits per heavy atom. The zero-order valence-electron chi connectivity index (χ0n) is 11.2. The largest absolute Gasteiger partial charge is 0.481 e. The van der Waals surface area contributed by atoms with Gasteiger partial charge in [0.05, 0.1) is 17.6 Å². The molecule has 0 spiro atoms. The number of anilines is 1. The summed E-state index contributed by atoms with van der Waals surface area (Å²) in [6.07, 6.45) is 2.99. The van der Waals surface area contributed by atoms with E-state index in [-0.39, 0.29) is 5.91 Å². The minimum Gasteiger partial charge on any atom is -0.481 e. The van der Waals surface area contributed by atoms with Crippen molar-refractivity contribution in [3.05, 3.63) is 40.0 Å². The summed E-state index contributed by atoms with van der Waals surface area (Å²) in [7, 11) is 0. The predicted octanol–water partition coefficient (Wildman–Crippen LogP) is 2.27. The molecule has 0 aliphatic carbocycles. The summed E-state index contributed by atoms with van der Waals surface area (Å²) in [5, 5.41) is 12.2. The smallest absolute Gasteiger partial charge is 0.310 e. The van der Waals surface area contributed by atoms with E-state index < -0.39 is 29.5 Å². The Kier molecular flexibility index (Phi) is 3.53. The van der Waals surface area contributed by atoms with Crippen LogP contribution in [0.4, 0.5) is 5.69 Å². The summed E-state index contributed by atoms with van der Waals surface area (Å²) in [6, 6.07) is 7.37. The first kappa shape index (κ1) is 14.5. The molecule has 1 saturated heterocycles. The van der Waals surface area contributed by atoms with E-state index >= 15 is 0 Å². The van der Waals surface area contributed by atoms with Gasteiger partial charge in [0.25, 0.3) is 0 Å². The van der Waals surface area contributed by atoms with Crippen molar-refractivity contribution in [3.8, 4) is 0 Å². The minimum atomic E-state index is -1.00. The SMILES string of the molecule is C[C@@]12C=C[C@@H](O1)[C@@H](C(=O)O)[C@H]2C(=O)Nc1cccc(I)c1. The minimum absolute atomic E-state index is 0.321. The summed E-state index contributed by atoms with van der Waals surface area (Å²) in [5.74, 6) is -2.90. The third kappa shape index (κ3) is 2.46. The fourth-order valence-corrected chi connectivity index (χ4v) is 3.61. The van der Waals surface area contributed by atoms with Crippen LogP contribution in [0.2, 0.25) is 0 Å². The summed E-state index contributed by atoms with van der Waals surface area (Å²) in [5.41, 5.74) is -0.189. The van der Waals surface area contributed by atoms with Gasteiger partial charge in [-0.25, -0.2) is 0 Å². The van der Waals surface area contributed by atoms with Crippen molar-refractivity contribution in [3.63, 3.8) is 0 Å². The van der Waals surface area contributed by atoms with E-state index in [1.54, 1.807) is 25.1 Å². The molecule has 2 N–H and O–H groups in total. The maximum atomic E-state index is 12.5. The van der Waals surface area contributed by atoms with Crippen molar-refractivity contribution < 1.29 is 19.4 Å². The van der Waals surface area contributed by atoms with Gasteiger partial charge in [-0.1, -0.05) is 18.2 Å². The van der Waals surface area contributed by atoms with Gasteiger partial charge in [-0.15, -0.1) is 0 Å². The van der Waals surface area contributed by atoms with Crippen LogP contribution in [0.3, 0.4) is 0 Å². The molecular weight excluding hydrogens is 385 g/mol. The zero-order valence-corrected chi connectivity index (χ0v) is 13.4. The molecule has 2 aliphatic rings. The number of ether oxygens (including phenoxy) is 1. The highest BCUT2D eigenvalue weighted by molar-refractivity contribution is 14.1. The van der Waals surface area contributed by atoms with Crippen LogP contribution in [0.5, 0.6) is 0 Å². The van der Waals surface area contributed by atoms with Gasteiger partial charge in [0.1, 0.15) is 5.92 Å². The molecule has 1 aromatic rings. The van der Waals surface area contributed by atoms with E-state index in [1.807, 2.05) is 18.2 Å². The van der Waals surface area contributed by atoms with E-state index in [0.717, 1.165) is 3.57 Å². The van der Waals surface area contributed by atoms with E-state index in [9.17, 15) is 14.7 Å². The number of carbonyl (C=O) groups excluding carboxylic acids is 1. The highest BCUT2D eigenvalue weighted by atomic mass is 127. The van der Waals surface area contributed by atoms with Crippen LogP contribution in [-0.4, -0.2) is 28.7 Å². The van der Waals surface area contributed by atoms with Gasteiger partial charge in [0.2, 0.25) is 5.91 Å². The maximum Gasteiger partial charge on any atom is 0.310 e. The molecular formula is C15H14INO4. The van der Waals surface area contributed by atoms with Gasteiger partial charge >= 0.3 is 5.97 Å². The Balaban J connectivity index is 1.86. The lowest BCUT2D eigenvalue weighted by atomic mass is 9.75. The van der Waals surface area contributed by atoms with Crippen LogP contribution >= 0.6 is 22.6 Å². The number of fused-ring (bicyclic) bond motifs is 2. The second kappa shape index (κ2) is 5.10. The van der Waals surface area contributed by atoms with Crippen LogP contribution in [0.15, 0.2) is 36.4 Å². The van der Waals surface area contributed by atoms with Gasteiger partial charge in [-0.3, -0.25) is 9.59 Å². The van der Waals surface area contributed by atoms with Crippen LogP contribution in [0, 0.1) is 15.4 Å². The van der Waals surface area contributed by atoms with Crippen molar-refractivity contribution in [1.82, 2.24) is 0 Å². The predicted molar refractivity (Wildman–Crippen MR) is 84.8 cm³/mol. The number of carbonyl (C=O) groups is 2. The normalized spacial score (nSPS) is 33.1. The molecule has 0 unspecified atom stereocenters. The number of nitrogens with one attached hydrogen (secondary N) is 1. The van der Waals surface area contributed by atoms with E-state index in [2.05, 4.69) is 27.9 Å². The lowest BCUT2D eigenvalue weighted by Gasteiger charge is -2.27. The first-order chi connectivity index (χ1) is 9.90. The number of carboxylic acids is 1. The first-order valence-corrected chi connectivity index (χ1v) is 7.65. The third-order valence-electron chi connectivity index (χ3n) is 4.00. The van der Waals surface area contributed by atoms with Crippen molar-refractivity contribution in [2.75, 3.05) is 5.32 Å². The van der Waals surface area contributed by atoms with Crippen molar-refractivity contribution in [1.29, 1.82) is 0 Å². The Bertz CT molecular complexity index is 644. The second-order valence-electron chi connectivity index (χ2n) is 5.47. The average Bonchev–Trinajstić information content (AvgIpc) is 2.91. The van der Waals surface area contributed by atoms with Crippen molar-refractivity contribution in [2.24, 2.45) is 11.8 Å². The molecule has 5 nitrogen and oxygen atoms in total. The van der Waals surface area contributed by atoms with Gasteiger partial charge < -0.3 is 15.2 Å². The lowest BCUT2D eigenvalue weighted by Crippen LogP contribution is -2.44. The van der Waals surface area contributed by atoms with Crippen LogP contribution in [0.25, 0.3) is 0 Å². The molecule has 21 heavy (non-hydrogen) atoms. The number of carboxylic acid groups (broad SMARTS) is 1. The molecule has 2 heterocycles. The maximum absolute atomic E-state index is 12.5. The first-order valence-electron chi connectivity index (χ1n) is 6.57. The van der Waals surface area contributed by atoms with Crippen molar-refractivity contribution >= 4 is 40.2 Å². The number of rotatable bonds is 3. The highest BCUT2D eigenvalue weighted by Crippen LogP contribution is 2.47. The van der Waals surface area contributed by atoms with E-state index in [0.29, 0.717) is 5.69 Å². The number of halogens is 1. The molecule has 1 fully saturated rings. The lowest BCUT2D eigenvalue weighted by molar-refractivity contribution is -0.146. The van der Waals surface area contributed by atoms with Gasteiger partial charge in [0, 0.05) is 9.26 Å². The monoisotopic (exact) mass is 399 g/mol. The molecule has 110 valence electrons. The van der Waals surface area contributed by atoms with Crippen LogP contribution < -0.4 is 5.32 Å². The van der Waals surface area contributed by atoms with Crippen LogP contribution in [-0.2, 0) is 14.3 Å². The standard InChI is InChI=1S/C15H14INO4/c1-15-6-5-10(21-15)11(14(19)20)12(15)13(18)17-9-4-2-3-8(16)7-9/h2-7,10-12H,1H3,(H,17,18)(H,19,20)/t10-,11-,12+,15+/m1/s1. The number of amides is 1. The summed E-state index contributed by atoms with van der Waals surface area (Å²) < 4.78 is 6.67. The highest BCUT2D eigenvalue weighted by Gasteiger charge is 2.59. The van der Waals surface area contributed by atoms with Crippen molar-refractivity contribution in [2.45, 2.75) is 18.6 Å². The summed E-state index contributed by atoms with van der Waals surface area (Å²) >= 11 is 2.16. The van der Waals surface area contributed by atoms with Gasteiger partial charge in [-0.2, -0.15) is 0 Å². The molecule has 2 bridgehead atoms. The van der Waals surface area contributed by atoms with E-state index in [4.69, 9.17) is 4.74 Å². The third-order valence-corrected chi connectivity index (χ3v) is 4.67. The number of hydrogen-bond donors (Lipinski definition) is 2. The van der Waals surface area contributed by atoms with Crippen LogP contribution in [0.1, 0.15) is 6.92 Å². The fourth-order valence-electron chi connectivity index (χ4n) is 3.07.